The molecule has 5 N–H and O–H groups in total. The molecule has 0 radical (unpaired) electrons. The summed E-state index contributed by atoms with van der Waals surface area (Å²) < 4.78 is 52.8. The minimum absolute atomic E-state index is 0.0756. The molecule has 14 nitrogen and oxygen atoms in total. The van der Waals surface area contributed by atoms with Gasteiger partial charge in [-0.2, -0.15) is 15.1 Å². The van der Waals surface area contributed by atoms with Crippen molar-refractivity contribution in [2.45, 2.75) is 50.9 Å². The van der Waals surface area contributed by atoms with Crippen LogP contribution < -0.4 is 20.7 Å². The smallest absolute Gasteiger partial charge is 0.459 e. The zero-order valence-electron chi connectivity index (χ0n) is 21.8. The molecule has 1 fully saturated rings. The number of nitrogens with zero attached hydrogens (tertiary/aromatic N) is 4. The van der Waals surface area contributed by atoms with Crippen LogP contribution in [0.1, 0.15) is 27.0 Å². The van der Waals surface area contributed by atoms with Gasteiger partial charge in [-0.15, -0.1) is 0 Å². The van der Waals surface area contributed by atoms with Crippen LogP contribution in [-0.2, 0) is 23.4 Å². The molecule has 1 unspecified atom stereocenters. The second-order valence-corrected chi connectivity index (χ2v) is 10.6. The molecule has 2 aromatic heterocycles. The van der Waals surface area contributed by atoms with Crippen molar-refractivity contribution < 1.29 is 37.4 Å². The minimum Gasteiger partial charge on any atom is -0.465 e. The van der Waals surface area contributed by atoms with Gasteiger partial charge in [0.25, 0.3) is 0 Å². The van der Waals surface area contributed by atoms with Crippen LogP contribution >= 0.6 is 7.75 Å². The van der Waals surface area contributed by atoms with E-state index in [4.69, 9.17) is 24.3 Å². The number of fused-ring (bicyclic) bond motifs is 1. The monoisotopic (exact) mass is 567 g/mol. The van der Waals surface area contributed by atoms with Gasteiger partial charge in [0.05, 0.1) is 19.5 Å². The highest BCUT2D eigenvalue weighted by Gasteiger charge is 2.56. The predicted molar refractivity (Wildman–Crippen MR) is 139 cm³/mol. The van der Waals surface area contributed by atoms with Crippen LogP contribution in [-0.4, -0.2) is 74.8 Å². The minimum atomic E-state index is -4.26. The van der Waals surface area contributed by atoms with Crippen LogP contribution in [0.3, 0.4) is 0 Å². The van der Waals surface area contributed by atoms with E-state index in [2.05, 4.69) is 25.4 Å². The van der Waals surface area contributed by atoms with E-state index in [0.29, 0.717) is 11.3 Å². The molecule has 3 heterocycles. The lowest BCUT2D eigenvalue weighted by atomic mass is 9.98. The van der Waals surface area contributed by atoms with Crippen molar-refractivity contribution >= 4 is 36.6 Å². The number of aliphatic hydroxyl groups excluding tert-OH is 1. The largest absolute Gasteiger partial charge is 0.465 e. The quantitative estimate of drug-likeness (QED) is 0.195. The summed E-state index contributed by atoms with van der Waals surface area (Å²) in [6, 6.07) is 7.05. The Morgan fingerprint density at radius 2 is 2.08 bits per heavy atom. The van der Waals surface area contributed by atoms with Crippen LogP contribution in [0.4, 0.5) is 16.2 Å². The van der Waals surface area contributed by atoms with Gasteiger partial charge in [-0.1, -0.05) is 18.2 Å². The van der Waals surface area contributed by atoms with E-state index < -0.39 is 50.5 Å². The maximum atomic E-state index is 15.9. The van der Waals surface area contributed by atoms with Crippen molar-refractivity contribution in [2.75, 3.05) is 31.3 Å². The number of anilines is 2. The number of hydrogen-bond donors (Lipinski definition) is 4. The van der Waals surface area contributed by atoms with Gasteiger partial charge >= 0.3 is 13.7 Å². The number of aliphatic hydroxyl groups is 1. The Morgan fingerprint density at radius 3 is 2.74 bits per heavy atom. The van der Waals surface area contributed by atoms with Gasteiger partial charge in [0.15, 0.2) is 28.9 Å². The average molecular weight is 568 g/mol. The zero-order valence-corrected chi connectivity index (χ0v) is 22.7. The van der Waals surface area contributed by atoms with Gasteiger partial charge < -0.3 is 30.2 Å². The summed E-state index contributed by atoms with van der Waals surface area (Å²) in [5.74, 6) is -0.238. The first-order valence-corrected chi connectivity index (χ1v) is 13.7. The predicted octanol–water partition coefficient (Wildman–Crippen LogP) is 2.18. The summed E-state index contributed by atoms with van der Waals surface area (Å²) in [5, 5.41) is 16.2. The molecule has 16 heteroatoms. The lowest BCUT2D eigenvalue weighted by molar-refractivity contribution is -0.144. The highest BCUT2D eigenvalue weighted by atomic mass is 31.2. The molecule has 3 aromatic rings. The highest BCUT2D eigenvalue weighted by molar-refractivity contribution is 7.52. The highest BCUT2D eigenvalue weighted by Crippen LogP contribution is 2.48. The standard InChI is InChI=1S/C23H31FN7O7P/c1-5-35-20(33)13(2)30-39(34,38-14-9-7-6-8-10-14)36-11-15-17(32)23(3,24)21(37-15)31-12-27-16-18(26-4)28-22(25)29-19(16)31/h6-10,12-13,15,17,21,32H,5,11H2,1-4H3,(H,30,34)(H3,25,26,28,29)/t13-,15-,17-,21-,23-,39?/m1/s1. The maximum absolute atomic E-state index is 15.9. The Morgan fingerprint density at radius 1 is 1.36 bits per heavy atom. The number of hydrogen-bond acceptors (Lipinski definition) is 12. The van der Waals surface area contributed by atoms with Gasteiger partial charge in [-0.25, -0.2) is 13.9 Å². The van der Waals surface area contributed by atoms with E-state index in [0.717, 1.165) is 6.92 Å². The Hall–Kier alpha value is -3.36. The van der Waals surface area contributed by atoms with Crippen LogP contribution in [0, 0.1) is 0 Å². The molecule has 6 atom stereocenters. The average Bonchev–Trinajstić information content (AvgIpc) is 3.40. The fourth-order valence-corrected chi connectivity index (χ4v) is 5.57. The number of benzene rings is 1. The topological polar surface area (TPSA) is 185 Å². The summed E-state index contributed by atoms with van der Waals surface area (Å²) in [7, 11) is -2.64. The molecule has 212 valence electrons. The molecule has 1 saturated heterocycles. The third-order valence-corrected chi connectivity index (χ3v) is 7.66. The van der Waals surface area contributed by atoms with E-state index in [-0.39, 0.29) is 24.0 Å². The number of imidazole rings is 1. The molecule has 0 spiro atoms. The Balaban J connectivity index is 1.57. The van der Waals surface area contributed by atoms with E-state index >= 15 is 4.39 Å². The van der Waals surface area contributed by atoms with E-state index in [9.17, 15) is 14.5 Å². The number of rotatable bonds is 11. The number of nitrogen functional groups attached to an aromatic ring is 1. The molecule has 4 rings (SSSR count). The number of esters is 1. The number of ether oxygens (including phenoxy) is 2. The summed E-state index contributed by atoms with van der Waals surface area (Å²) in [5.41, 5.74) is 3.94. The summed E-state index contributed by atoms with van der Waals surface area (Å²) in [6.45, 7) is 3.76. The lowest BCUT2D eigenvalue weighted by Crippen LogP contribution is -2.41. The molecule has 0 saturated carbocycles. The van der Waals surface area contributed by atoms with Crippen LogP contribution in [0.5, 0.6) is 5.75 Å². The number of aromatic nitrogens is 4. The number of carbonyl (C=O) groups is 1. The first kappa shape index (κ1) is 28.6. The number of para-hydroxylation sites is 1. The normalized spacial score (nSPS) is 25.2. The molecule has 39 heavy (non-hydrogen) atoms. The van der Waals surface area contributed by atoms with Gasteiger partial charge in [-0.3, -0.25) is 13.9 Å². The van der Waals surface area contributed by atoms with Crippen molar-refractivity contribution in [2.24, 2.45) is 0 Å². The van der Waals surface area contributed by atoms with Gasteiger partial charge in [-0.05, 0) is 32.9 Å². The Labute approximate surface area is 223 Å². The van der Waals surface area contributed by atoms with E-state index in [1.165, 1.54) is 17.8 Å². The fourth-order valence-electron chi connectivity index (χ4n) is 4.07. The van der Waals surface area contributed by atoms with Crippen LogP contribution in [0.15, 0.2) is 36.7 Å². The lowest BCUT2D eigenvalue weighted by Gasteiger charge is -2.25. The summed E-state index contributed by atoms with van der Waals surface area (Å²) in [6.07, 6.45) is -3.11. The Kier molecular flexibility index (Phi) is 8.37. The molecule has 0 bridgehead atoms. The van der Waals surface area contributed by atoms with Crippen LogP contribution in [0.25, 0.3) is 11.2 Å². The number of carbonyl (C=O) groups excluding carboxylic acids is 1. The van der Waals surface area contributed by atoms with Crippen molar-refractivity contribution in [3.8, 4) is 5.75 Å². The summed E-state index contributed by atoms with van der Waals surface area (Å²) >= 11 is 0. The number of nitrogens with one attached hydrogen (secondary N) is 2. The molecule has 1 aliphatic rings. The first-order chi connectivity index (χ1) is 18.5. The molecule has 1 aromatic carbocycles. The van der Waals surface area contributed by atoms with Gasteiger partial charge in [0.1, 0.15) is 24.0 Å². The number of nitrogens with two attached hydrogens (primary N) is 1. The van der Waals surface area contributed by atoms with Crippen molar-refractivity contribution in [1.82, 2.24) is 24.6 Å². The SMILES string of the molecule is CCOC(=O)[C@@H](C)NP(=O)(OC[C@H]1O[C@@H](n2cnc3c(NC)nc(N)nc32)[C@](C)(F)[C@@H]1O)Oc1ccccc1. The molecular formula is C23H31FN7O7P. The second-order valence-electron chi connectivity index (χ2n) is 8.93. The van der Waals surface area contributed by atoms with Crippen molar-refractivity contribution in [1.29, 1.82) is 0 Å². The zero-order chi connectivity index (χ0) is 28.4. The molecular weight excluding hydrogens is 536 g/mol. The molecule has 0 amide bonds. The fraction of sp³-hybridized carbons (Fsp3) is 0.478. The van der Waals surface area contributed by atoms with E-state index in [1.807, 2.05) is 0 Å². The first-order valence-electron chi connectivity index (χ1n) is 12.1. The van der Waals surface area contributed by atoms with Crippen LogP contribution in [0.2, 0.25) is 0 Å². The summed E-state index contributed by atoms with van der Waals surface area (Å²) in [4.78, 5) is 24.6. The van der Waals surface area contributed by atoms with E-state index in [1.54, 1.807) is 44.3 Å². The second kappa shape index (κ2) is 11.4. The number of halogens is 1. The van der Waals surface area contributed by atoms with Gasteiger partial charge in [0, 0.05) is 7.05 Å². The Bertz CT molecular complexity index is 1360. The number of alkyl halides is 1. The molecule has 1 aliphatic heterocycles. The third-order valence-electron chi connectivity index (χ3n) is 6.01. The van der Waals surface area contributed by atoms with Gasteiger partial charge in [0.2, 0.25) is 5.95 Å². The van der Waals surface area contributed by atoms with Crippen molar-refractivity contribution in [3.05, 3.63) is 36.7 Å². The van der Waals surface area contributed by atoms with Crippen molar-refractivity contribution in [3.63, 3.8) is 0 Å². The third kappa shape index (κ3) is 5.97. The molecule has 0 aliphatic carbocycles. The maximum Gasteiger partial charge on any atom is 0.459 e.